The first-order chi connectivity index (χ1) is 10.8. The van der Waals surface area contributed by atoms with Crippen molar-refractivity contribution in [2.24, 2.45) is 0 Å². The second-order valence-corrected chi connectivity index (χ2v) is 6.81. The Bertz CT molecular complexity index is 644. The molecular weight excluding hydrogens is 292 g/mol. The van der Waals surface area contributed by atoms with Gasteiger partial charge in [-0.15, -0.1) is 11.3 Å². The molecule has 0 saturated carbocycles. The lowest BCUT2D eigenvalue weighted by molar-refractivity contribution is 0.0953. The Morgan fingerprint density at radius 2 is 2.23 bits per heavy atom. The highest BCUT2D eigenvalue weighted by Gasteiger charge is 2.21. The fourth-order valence-electron chi connectivity index (χ4n) is 3.02. The molecule has 116 valence electrons. The van der Waals surface area contributed by atoms with Gasteiger partial charge in [-0.3, -0.25) is 4.79 Å². The summed E-state index contributed by atoms with van der Waals surface area (Å²) in [6.07, 6.45) is 2.01. The van der Waals surface area contributed by atoms with Crippen molar-refractivity contribution in [3.8, 4) is 0 Å². The summed E-state index contributed by atoms with van der Waals surface area (Å²) in [5.74, 6) is 0.512. The maximum atomic E-state index is 12.5. The van der Waals surface area contributed by atoms with E-state index in [1.807, 2.05) is 18.2 Å². The fraction of sp³-hybridized carbons (Fsp3) is 0.389. The largest absolute Gasteiger partial charge is 0.352 e. The molecule has 1 amide bonds. The Kier molecular flexibility index (Phi) is 4.90. The Balaban J connectivity index is 1.63. The molecule has 0 radical (unpaired) electrons. The van der Waals surface area contributed by atoms with Crippen molar-refractivity contribution >= 4 is 17.2 Å². The van der Waals surface area contributed by atoms with E-state index in [4.69, 9.17) is 0 Å². The number of hydrogen-bond donors (Lipinski definition) is 2. The van der Waals surface area contributed by atoms with Gasteiger partial charge < -0.3 is 10.6 Å². The number of carbonyl (C=O) groups is 1. The van der Waals surface area contributed by atoms with Crippen LogP contribution in [-0.2, 0) is 6.42 Å². The first-order valence-corrected chi connectivity index (χ1v) is 8.74. The van der Waals surface area contributed by atoms with Crippen LogP contribution in [-0.4, -0.2) is 25.5 Å². The maximum absolute atomic E-state index is 12.5. The highest BCUT2D eigenvalue weighted by atomic mass is 32.1. The van der Waals surface area contributed by atoms with Gasteiger partial charge >= 0.3 is 0 Å². The first-order valence-electron chi connectivity index (χ1n) is 7.86. The fourth-order valence-corrected chi connectivity index (χ4v) is 3.94. The summed E-state index contributed by atoms with van der Waals surface area (Å²) in [6.45, 7) is 4.82. The summed E-state index contributed by atoms with van der Waals surface area (Å²) >= 11 is 1.76. The van der Waals surface area contributed by atoms with Gasteiger partial charge in [0.1, 0.15) is 0 Å². The normalized spacial score (nSPS) is 17.6. The topological polar surface area (TPSA) is 41.1 Å². The summed E-state index contributed by atoms with van der Waals surface area (Å²) in [5.41, 5.74) is 3.33. The molecule has 0 aliphatic carbocycles. The van der Waals surface area contributed by atoms with Crippen LogP contribution < -0.4 is 10.6 Å². The van der Waals surface area contributed by atoms with Gasteiger partial charge in [0, 0.05) is 23.5 Å². The molecule has 1 aliphatic heterocycles. The molecule has 0 unspecified atom stereocenters. The van der Waals surface area contributed by atoms with Crippen LogP contribution in [0.25, 0.3) is 0 Å². The predicted octanol–water partition coefficient (Wildman–Crippen LogP) is 3.11. The third-order valence-electron chi connectivity index (χ3n) is 4.31. The third kappa shape index (κ3) is 3.39. The summed E-state index contributed by atoms with van der Waals surface area (Å²) in [6, 6.07) is 10.1. The molecule has 3 nitrogen and oxygen atoms in total. The Morgan fingerprint density at radius 3 is 2.95 bits per heavy atom. The molecule has 0 bridgehead atoms. The summed E-state index contributed by atoms with van der Waals surface area (Å²) in [7, 11) is 0. The lowest BCUT2D eigenvalue weighted by Crippen LogP contribution is -2.27. The van der Waals surface area contributed by atoms with Gasteiger partial charge in [-0.05, 0) is 60.9 Å². The monoisotopic (exact) mass is 314 g/mol. The van der Waals surface area contributed by atoms with E-state index in [0.29, 0.717) is 12.5 Å². The van der Waals surface area contributed by atoms with Crippen LogP contribution in [0.5, 0.6) is 0 Å². The molecule has 1 aliphatic rings. The number of carbonyl (C=O) groups excluding carboxylic acids is 1. The Morgan fingerprint density at radius 1 is 1.36 bits per heavy atom. The molecule has 1 atom stereocenters. The number of nitrogens with one attached hydrogen (secondary N) is 2. The lowest BCUT2D eigenvalue weighted by atomic mass is 9.93. The second-order valence-electron chi connectivity index (χ2n) is 5.81. The van der Waals surface area contributed by atoms with Crippen LogP contribution >= 0.6 is 11.3 Å². The summed E-state index contributed by atoms with van der Waals surface area (Å²) < 4.78 is 0. The number of amides is 1. The van der Waals surface area contributed by atoms with Crippen LogP contribution in [0, 0.1) is 6.92 Å². The number of benzene rings is 1. The predicted molar refractivity (Wildman–Crippen MR) is 91.8 cm³/mol. The van der Waals surface area contributed by atoms with E-state index in [-0.39, 0.29) is 5.91 Å². The molecule has 1 saturated heterocycles. The SMILES string of the molecule is Cc1ccsc1CCNC(=O)c1ccccc1[C@H]1CCNC1. The van der Waals surface area contributed by atoms with Crippen LogP contribution in [0.3, 0.4) is 0 Å². The second kappa shape index (κ2) is 7.07. The van der Waals surface area contributed by atoms with Crippen LogP contribution in [0.15, 0.2) is 35.7 Å². The van der Waals surface area contributed by atoms with E-state index in [1.165, 1.54) is 16.0 Å². The molecule has 3 rings (SSSR count). The average Bonchev–Trinajstić information content (AvgIpc) is 3.19. The quantitative estimate of drug-likeness (QED) is 0.890. The summed E-state index contributed by atoms with van der Waals surface area (Å²) in [5, 5.41) is 8.56. The van der Waals surface area contributed by atoms with Crippen molar-refractivity contribution in [3.63, 3.8) is 0 Å². The van der Waals surface area contributed by atoms with Crippen LogP contribution in [0.1, 0.15) is 38.7 Å². The van der Waals surface area contributed by atoms with Gasteiger partial charge in [0.2, 0.25) is 0 Å². The van der Waals surface area contributed by atoms with Crippen molar-refractivity contribution in [3.05, 3.63) is 57.3 Å². The van der Waals surface area contributed by atoms with Crippen LogP contribution in [0.4, 0.5) is 0 Å². The van der Waals surface area contributed by atoms with E-state index in [2.05, 4.69) is 35.1 Å². The first kappa shape index (κ1) is 15.3. The average molecular weight is 314 g/mol. The van der Waals surface area contributed by atoms with E-state index in [9.17, 15) is 4.79 Å². The van der Waals surface area contributed by atoms with E-state index < -0.39 is 0 Å². The van der Waals surface area contributed by atoms with Crippen molar-refractivity contribution in [2.75, 3.05) is 19.6 Å². The molecule has 1 aromatic carbocycles. The third-order valence-corrected chi connectivity index (χ3v) is 5.39. The molecule has 22 heavy (non-hydrogen) atoms. The van der Waals surface area contributed by atoms with E-state index in [0.717, 1.165) is 31.5 Å². The van der Waals surface area contributed by atoms with Gasteiger partial charge in [0.15, 0.2) is 0 Å². The Hall–Kier alpha value is -1.65. The molecule has 0 spiro atoms. The van der Waals surface area contributed by atoms with Gasteiger partial charge in [-0.25, -0.2) is 0 Å². The minimum atomic E-state index is 0.0525. The zero-order valence-corrected chi connectivity index (χ0v) is 13.7. The zero-order valence-electron chi connectivity index (χ0n) is 12.9. The number of hydrogen-bond acceptors (Lipinski definition) is 3. The van der Waals surface area contributed by atoms with Gasteiger partial charge in [-0.1, -0.05) is 18.2 Å². The smallest absolute Gasteiger partial charge is 0.251 e. The minimum Gasteiger partial charge on any atom is -0.352 e. The highest BCUT2D eigenvalue weighted by Crippen LogP contribution is 2.25. The zero-order chi connectivity index (χ0) is 15.4. The van der Waals surface area contributed by atoms with Gasteiger partial charge in [-0.2, -0.15) is 0 Å². The summed E-state index contributed by atoms with van der Waals surface area (Å²) in [4.78, 5) is 13.9. The van der Waals surface area contributed by atoms with Crippen molar-refractivity contribution in [1.29, 1.82) is 0 Å². The van der Waals surface area contributed by atoms with Gasteiger partial charge in [0.25, 0.3) is 5.91 Å². The number of aryl methyl sites for hydroxylation is 1. The lowest BCUT2D eigenvalue weighted by Gasteiger charge is -2.14. The van der Waals surface area contributed by atoms with Crippen molar-refractivity contribution in [1.82, 2.24) is 10.6 Å². The number of thiophene rings is 1. The molecule has 4 heteroatoms. The number of rotatable bonds is 5. The maximum Gasteiger partial charge on any atom is 0.251 e. The van der Waals surface area contributed by atoms with E-state index in [1.54, 1.807) is 11.3 Å². The van der Waals surface area contributed by atoms with E-state index >= 15 is 0 Å². The molecule has 1 fully saturated rings. The molecule has 2 aromatic rings. The minimum absolute atomic E-state index is 0.0525. The molecule has 2 N–H and O–H groups in total. The molecular formula is C18H22N2OS. The molecule has 1 aromatic heterocycles. The highest BCUT2D eigenvalue weighted by molar-refractivity contribution is 7.10. The molecule has 2 heterocycles. The van der Waals surface area contributed by atoms with Crippen molar-refractivity contribution in [2.45, 2.75) is 25.7 Å². The van der Waals surface area contributed by atoms with Crippen LogP contribution in [0.2, 0.25) is 0 Å². The van der Waals surface area contributed by atoms with Crippen molar-refractivity contribution < 1.29 is 4.79 Å². The Labute approximate surface area is 135 Å². The standard InChI is InChI=1S/C18H22N2OS/c1-13-8-11-22-17(13)7-10-20-18(21)16-5-3-2-4-15(16)14-6-9-19-12-14/h2-5,8,11,14,19H,6-7,9-10,12H2,1H3,(H,20,21)/t14-/m0/s1. The van der Waals surface area contributed by atoms with Gasteiger partial charge in [0.05, 0.1) is 0 Å².